The van der Waals surface area contributed by atoms with Gasteiger partial charge in [0.1, 0.15) is 0 Å². The van der Waals surface area contributed by atoms with Crippen LogP contribution >= 0.6 is 8.46 Å². The van der Waals surface area contributed by atoms with Crippen molar-refractivity contribution >= 4 is 8.46 Å². The van der Waals surface area contributed by atoms with E-state index in [4.69, 9.17) is 0 Å². The molecule has 0 spiro atoms. The van der Waals surface area contributed by atoms with Crippen LogP contribution in [0.4, 0.5) is 0 Å². The third-order valence-corrected chi connectivity index (χ3v) is 6.94. The summed E-state index contributed by atoms with van der Waals surface area (Å²) >= 11 is 0. The number of hydrogen-bond acceptors (Lipinski definition) is 1. The molecule has 2 saturated carbocycles. The zero-order valence-electron chi connectivity index (χ0n) is 13.2. The van der Waals surface area contributed by atoms with Gasteiger partial charge in [0.05, 0.1) is 5.16 Å². The Morgan fingerprint density at radius 1 is 0.600 bits per heavy atom. The lowest BCUT2D eigenvalue weighted by Gasteiger charge is -2.36. The molecule has 0 aromatic rings. The van der Waals surface area contributed by atoms with E-state index in [0.29, 0.717) is 8.46 Å². The van der Waals surface area contributed by atoms with Gasteiger partial charge in [-0.25, -0.2) is 0 Å². The average Bonchev–Trinajstić information content (AvgIpc) is 2.69. The molecule has 0 unspecified atom stereocenters. The summed E-state index contributed by atoms with van der Waals surface area (Å²) in [7, 11) is 0.472. The lowest BCUT2D eigenvalue weighted by Crippen LogP contribution is -2.32. The maximum absolute atomic E-state index is 12.1. The van der Waals surface area contributed by atoms with Crippen LogP contribution in [-0.2, 0) is 4.57 Å². The SMILES string of the molecule is O=PC1(C2CCCCCCCC2)CCCCCCCC1. The Morgan fingerprint density at radius 2 is 1.00 bits per heavy atom. The van der Waals surface area contributed by atoms with Crippen molar-refractivity contribution in [3.63, 3.8) is 0 Å². The molecule has 0 radical (unpaired) electrons. The normalized spacial score (nSPS) is 27.6. The lowest BCUT2D eigenvalue weighted by atomic mass is 9.78. The molecule has 2 aliphatic carbocycles. The first kappa shape index (κ1) is 16.5. The van der Waals surface area contributed by atoms with E-state index in [-0.39, 0.29) is 5.16 Å². The van der Waals surface area contributed by atoms with E-state index in [1.807, 2.05) is 0 Å². The van der Waals surface area contributed by atoms with E-state index in [2.05, 4.69) is 0 Å². The van der Waals surface area contributed by atoms with Crippen LogP contribution in [0.5, 0.6) is 0 Å². The molecule has 0 heterocycles. The second-order valence-corrected chi connectivity index (χ2v) is 8.29. The average molecular weight is 296 g/mol. The van der Waals surface area contributed by atoms with Crippen LogP contribution in [0.15, 0.2) is 0 Å². The fraction of sp³-hybridized carbons (Fsp3) is 1.00. The van der Waals surface area contributed by atoms with E-state index in [1.165, 1.54) is 103 Å². The van der Waals surface area contributed by atoms with E-state index in [9.17, 15) is 4.57 Å². The third kappa shape index (κ3) is 4.83. The Labute approximate surface area is 127 Å². The topological polar surface area (TPSA) is 17.1 Å². The first-order chi connectivity index (χ1) is 9.87. The number of hydrogen-bond donors (Lipinski definition) is 0. The summed E-state index contributed by atoms with van der Waals surface area (Å²) in [5.41, 5.74) is 0. The molecule has 2 aliphatic rings. The van der Waals surface area contributed by atoms with E-state index in [0.717, 1.165) is 5.92 Å². The van der Waals surface area contributed by atoms with Crippen LogP contribution in [0.3, 0.4) is 0 Å². The molecular weight excluding hydrogens is 263 g/mol. The molecular formula is C18H33OP. The maximum atomic E-state index is 12.1. The molecule has 20 heavy (non-hydrogen) atoms. The molecule has 0 N–H and O–H groups in total. The van der Waals surface area contributed by atoms with Crippen LogP contribution in [0.25, 0.3) is 0 Å². The Kier molecular flexibility index (Phi) is 7.56. The smallest absolute Gasteiger partial charge is 0.162 e. The highest BCUT2D eigenvalue weighted by Crippen LogP contribution is 2.47. The predicted molar refractivity (Wildman–Crippen MR) is 87.7 cm³/mol. The van der Waals surface area contributed by atoms with Gasteiger partial charge >= 0.3 is 0 Å². The molecule has 0 aromatic carbocycles. The predicted octanol–water partition coefficient (Wildman–Crippen LogP) is 6.90. The first-order valence-corrected chi connectivity index (χ1v) is 10.0. The lowest BCUT2D eigenvalue weighted by molar-refractivity contribution is 0.274. The molecule has 2 heteroatoms. The minimum Gasteiger partial charge on any atom is -0.274 e. The van der Waals surface area contributed by atoms with Crippen molar-refractivity contribution in [1.82, 2.24) is 0 Å². The quantitative estimate of drug-likeness (QED) is 0.506. The Hall–Kier alpha value is 0.100. The molecule has 116 valence electrons. The van der Waals surface area contributed by atoms with Crippen molar-refractivity contribution < 1.29 is 4.57 Å². The second-order valence-electron chi connectivity index (χ2n) is 7.21. The van der Waals surface area contributed by atoms with Crippen molar-refractivity contribution in [3.8, 4) is 0 Å². The minimum atomic E-state index is 0.147. The fourth-order valence-electron chi connectivity index (χ4n) is 4.44. The summed E-state index contributed by atoms with van der Waals surface area (Å²) in [5.74, 6) is 0.734. The molecule has 0 aromatic heterocycles. The van der Waals surface area contributed by atoms with Gasteiger partial charge in [-0.05, 0) is 31.6 Å². The summed E-state index contributed by atoms with van der Waals surface area (Å²) < 4.78 is 12.1. The summed E-state index contributed by atoms with van der Waals surface area (Å²) in [6, 6.07) is 0. The van der Waals surface area contributed by atoms with Crippen LogP contribution < -0.4 is 0 Å². The molecule has 2 rings (SSSR count). The highest BCUT2D eigenvalue weighted by molar-refractivity contribution is 7.26. The highest BCUT2D eigenvalue weighted by Gasteiger charge is 2.38. The maximum Gasteiger partial charge on any atom is 0.162 e. The largest absolute Gasteiger partial charge is 0.274 e. The standard InChI is InChI=1S/C18H33OP/c19-20-18(15-11-7-3-4-8-12-16-18)17-13-9-5-1-2-6-10-14-17/h17H,1-16H2. The summed E-state index contributed by atoms with van der Waals surface area (Å²) in [5, 5.41) is 0.147. The Bertz CT molecular complexity index is 257. The zero-order chi connectivity index (χ0) is 14.1. The second kappa shape index (κ2) is 9.19. The van der Waals surface area contributed by atoms with Crippen molar-refractivity contribution in [1.29, 1.82) is 0 Å². The van der Waals surface area contributed by atoms with Gasteiger partial charge in [-0.3, -0.25) is 4.57 Å². The van der Waals surface area contributed by atoms with Gasteiger partial charge in [0.2, 0.25) is 0 Å². The molecule has 0 saturated heterocycles. The van der Waals surface area contributed by atoms with Gasteiger partial charge in [-0.1, -0.05) is 77.0 Å². The van der Waals surface area contributed by atoms with Crippen LogP contribution in [-0.4, -0.2) is 5.16 Å². The number of rotatable bonds is 2. The van der Waals surface area contributed by atoms with Crippen molar-refractivity contribution in [2.24, 2.45) is 5.92 Å². The van der Waals surface area contributed by atoms with Crippen LogP contribution in [0.1, 0.15) is 103 Å². The van der Waals surface area contributed by atoms with Crippen molar-refractivity contribution in [3.05, 3.63) is 0 Å². The molecule has 0 bridgehead atoms. The Morgan fingerprint density at radius 3 is 1.45 bits per heavy atom. The zero-order valence-corrected chi connectivity index (χ0v) is 14.1. The Balaban J connectivity index is 2.05. The van der Waals surface area contributed by atoms with Gasteiger partial charge in [-0.2, -0.15) is 0 Å². The minimum absolute atomic E-state index is 0.147. The van der Waals surface area contributed by atoms with E-state index in [1.54, 1.807) is 0 Å². The summed E-state index contributed by atoms with van der Waals surface area (Å²) in [6.07, 6.45) is 21.7. The van der Waals surface area contributed by atoms with Crippen LogP contribution in [0, 0.1) is 5.92 Å². The molecule has 0 atom stereocenters. The van der Waals surface area contributed by atoms with Gasteiger partial charge < -0.3 is 0 Å². The third-order valence-electron chi connectivity index (χ3n) is 5.77. The van der Waals surface area contributed by atoms with Gasteiger partial charge in [0.25, 0.3) is 0 Å². The van der Waals surface area contributed by atoms with E-state index >= 15 is 0 Å². The van der Waals surface area contributed by atoms with Crippen molar-refractivity contribution in [2.75, 3.05) is 0 Å². The van der Waals surface area contributed by atoms with E-state index < -0.39 is 0 Å². The monoisotopic (exact) mass is 296 g/mol. The van der Waals surface area contributed by atoms with Crippen molar-refractivity contribution in [2.45, 2.75) is 108 Å². The summed E-state index contributed by atoms with van der Waals surface area (Å²) in [6.45, 7) is 0. The highest BCUT2D eigenvalue weighted by atomic mass is 31.1. The fourth-order valence-corrected chi connectivity index (χ4v) is 5.34. The van der Waals surface area contributed by atoms with Crippen LogP contribution in [0.2, 0.25) is 0 Å². The van der Waals surface area contributed by atoms with Gasteiger partial charge in [-0.15, -0.1) is 0 Å². The van der Waals surface area contributed by atoms with Gasteiger partial charge in [0, 0.05) is 0 Å². The molecule has 0 amide bonds. The van der Waals surface area contributed by atoms with Gasteiger partial charge in [0.15, 0.2) is 8.46 Å². The molecule has 2 fully saturated rings. The molecule has 1 nitrogen and oxygen atoms in total. The first-order valence-electron chi connectivity index (χ1n) is 9.22. The summed E-state index contributed by atoms with van der Waals surface area (Å²) in [4.78, 5) is 0. The molecule has 0 aliphatic heterocycles.